The highest BCUT2D eigenvalue weighted by molar-refractivity contribution is 5.78. The van der Waals surface area contributed by atoms with Gasteiger partial charge in [-0.15, -0.1) is 0 Å². The Morgan fingerprint density at radius 1 is 1.24 bits per heavy atom. The molecule has 1 saturated heterocycles. The van der Waals surface area contributed by atoms with E-state index in [2.05, 4.69) is 24.1 Å². The fraction of sp³-hybridized carbons (Fsp3) is 0.923. The van der Waals surface area contributed by atoms with Gasteiger partial charge in [0.15, 0.2) is 0 Å². The Morgan fingerprint density at radius 2 is 1.94 bits per heavy atom. The smallest absolute Gasteiger partial charge is 0.236 e. The molecule has 100 valence electrons. The van der Waals surface area contributed by atoms with Gasteiger partial charge in [-0.1, -0.05) is 13.8 Å². The summed E-state index contributed by atoms with van der Waals surface area (Å²) in [5.41, 5.74) is 0. The van der Waals surface area contributed by atoms with E-state index in [9.17, 15) is 4.79 Å². The number of carbonyl (C=O) groups excluding carboxylic acids is 1. The minimum absolute atomic E-state index is 0.265. The van der Waals surface area contributed by atoms with Crippen molar-refractivity contribution in [3.8, 4) is 0 Å². The molecule has 0 bridgehead atoms. The summed E-state index contributed by atoms with van der Waals surface area (Å²) in [6.07, 6.45) is 3.54. The largest absolute Gasteiger partial charge is 0.342 e. The lowest BCUT2D eigenvalue weighted by molar-refractivity contribution is -0.129. The van der Waals surface area contributed by atoms with Crippen LogP contribution in [-0.4, -0.2) is 61.5 Å². The van der Waals surface area contributed by atoms with Gasteiger partial charge in [-0.05, 0) is 32.4 Å². The molecule has 17 heavy (non-hydrogen) atoms. The molecule has 0 saturated carbocycles. The highest BCUT2D eigenvalue weighted by Gasteiger charge is 2.16. The van der Waals surface area contributed by atoms with Gasteiger partial charge in [0.2, 0.25) is 5.91 Å². The predicted octanol–water partition coefficient (Wildman–Crippen LogP) is 0.930. The normalized spacial score (nSPS) is 15.8. The molecule has 0 aromatic carbocycles. The van der Waals surface area contributed by atoms with Crippen LogP contribution in [0.25, 0.3) is 0 Å². The Balaban J connectivity index is 2.04. The molecule has 4 nitrogen and oxygen atoms in total. The number of nitrogens with one attached hydrogen (secondary N) is 1. The number of likely N-dealkylation sites (N-methyl/N-ethyl adjacent to an activating group) is 1. The van der Waals surface area contributed by atoms with Crippen LogP contribution in [0.5, 0.6) is 0 Å². The van der Waals surface area contributed by atoms with Crippen molar-refractivity contribution in [2.75, 3.05) is 45.8 Å². The number of amides is 1. The van der Waals surface area contributed by atoms with Gasteiger partial charge in [0.05, 0.1) is 6.54 Å². The molecule has 1 aliphatic heterocycles. The fourth-order valence-corrected chi connectivity index (χ4v) is 2.26. The SMILES string of the molecule is CCCN(CC)CCNCC(=O)N1CCCC1. The summed E-state index contributed by atoms with van der Waals surface area (Å²) in [4.78, 5) is 16.1. The second-order valence-corrected chi connectivity index (χ2v) is 4.70. The van der Waals surface area contributed by atoms with Gasteiger partial charge in [-0.2, -0.15) is 0 Å². The average Bonchev–Trinajstić information content (AvgIpc) is 2.86. The molecule has 1 amide bonds. The summed E-state index contributed by atoms with van der Waals surface area (Å²) in [6, 6.07) is 0. The highest BCUT2D eigenvalue weighted by atomic mass is 16.2. The average molecular weight is 241 g/mol. The molecule has 1 rings (SSSR count). The summed E-state index contributed by atoms with van der Waals surface area (Å²) in [7, 11) is 0. The van der Waals surface area contributed by atoms with Gasteiger partial charge >= 0.3 is 0 Å². The minimum atomic E-state index is 0.265. The minimum Gasteiger partial charge on any atom is -0.342 e. The zero-order valence-corrected chi connectivity index (χ0v) is 11.4. The van der Waals surface area contributed by atoms with Crippen LogP contribution in [0.2, 0.25) is 0 Å². The Kier molecular flexibility index (Phi) is 7.21. The lowest BCUT2D eigenvalue weighted by Gasteiger charge is -2.20. The van der Waals surface area contributed by atoms with E-state index in [1.807, 2.05) is 4.90 Å². The maximum absolute atomic E-state index is 11.7. The van der Waals surface area contributed by atoms with E-state index in [0.717, 1.165) is 39.3 Å². The second kappa shape index (κ2) is 8.48. The van der Waals surface area contributed by atoms with Crippen LogP contribution in [0.4, 0.5) is 0 Å². The van der Waals surface area contributed by atoms with Crippen molar-refractivity contribution in [3.05, 3.63) is 0 Å². The lowest BCUT2D eigenvalue weighted by Crippen LogP contribution is -2.39. The van der Waals surface area contributed by atoms with Crippen LogP contribution in [0, 0.1) is 0 Å². The predicted molar refractivity (Wildman–Crippen MR) is 71.1 cm³/mol. The molecule has 1 N–H and O–H groups in total. The van der Waals surface area contributed by atoms with E-state index < -0.39 is 0 Å². The molecule has 1 fully saturated rings. The molecule has 0 aliphatic carbocycles. The van der Waals surface area contributed by atoms with Crippen LogP contribution in [-0.2, 0) is 4.79 Å². The van der Waals surface area contributed by atoms with Crippen LogP contribution in [0.15, 0.2) is 0 Å². The molecule has 0 radical (unpaired) electrons. The number of rotatable bonds is 8. The van der Waals surface area contributed by atoms with Crippen molar-refractivity contribution >= 4 is 5.91 Å². The fourth-order valence-electron chi connectivity index (χ4n) is 2.26. The van der Waals surface area contributed by atoms with E-state index >= 15 is 0 Å². The van der Waals surface area contributed by atoms with E-state index in [4.69, 9.17) is 0 Å². The van der Waals surface area contributed by atoms with Gasteiger partial charge in [0.1, 0.15) is 0 Å². The third-order valence-electron chi connectivity index (χ3n) is 3.33. The molecule has 4 heteroatoms. The van der Waals surface area contributed by atoms with Crippen LogP contribution < -0.4 is 5.32 Å². The van der Waals surface area contributed by atoms with E-state index in [-0.39, 0.29) is 5.91 Å². The Hall–Kier alpha value is -0.610. The molecular formula is C13H27N3O. The molecule has 0 aromatic heterocycles. The molecule has 0 aromatic rings. The van der Waals surface area contributed by atoms with E-state index in [1.54, 1.807) is 0 Å². The Labute approximate surface area is 105 Å². The first-order valence-corrected chi connectivity index (χ1v) is 6.98. The van der Waals surface area contributed by atoms with Crippen molar-refractivity contribution in [1.29, 1.82) is 0 Å². The molecular weight excluding hydrogens is 214 g/mol. The van der Waals surface area contributed by atoms with E-state index in [1.165, 1.54) is 19.3 Å². The number of likely N-dealkylation sites (tertiary alicyclic amines) is 1. The first-order chi connectivity index (χ1) is 8.27. The first-order valence-electron chi connectivity index (χ1n) is 6.98. The van der Waals surface area contributed by atoms with Crippen molar-refractivity contribution in [2.45, 2.75) is 33.1 Å². The molecule has 0 unspecified atom stereocenters. The summed E-state index contributed by atoms with van der Waals surface area (Å²) < 4.78 is 0. The number of hydrogen-bond acceptors (Lipinski definition) is 3. The number of nitrogens with zero attached hydrogens (tertiary/aromatic N) is 2. The maximum Gasteiger partial charge on any atom is 0.236 e. The highest BCUT2D eigenvalue weighted by Crippen LogP contribution is 2.06. The summed E-state index contributed by atoms with van der Waals surface area (Å²) >= 11 is 0. The van der Waals surface area contributed by atoms with Gasteiger partial charge < -0.3 is 15.1 Å². The Morgan fingerprint density at radius 3 is 2.53 bits per heavy atom. The zero-order valence-electron chi connectivity index (χ0n) is 11.4. The molecule has 1 heterocycles. The van der Waals surface area contributed by atoms with Crippen LogP contribution in [0.3, 0.4) is 0 Å². The Bertz CT molecular complexity index is 215. The van der Waals surface area contributed by atoms with Gasteiger partial charge in [-0.25, -0.2) is 0 Å². The van der Waals surface area contributed by atoms with Crippen LogP contribution >= 0.6 is 0 Å². The maximum atomic E-state index is 11.7. The van der Waals surface area contributed by atoms with Crippen molar-refractivity contribution in [3.63, 3.8) is 0 Å². The van der Waals surface area contributed by atoms with Gasteiger partial charge in [0, 0.05) is 26.2 Å². The molecule has 0 spiro atoms. The molecule has 1 aliphatic rings. The summed E-state index contributed by atoms with van der Waals surface area (Å²) in [6.45, 7) is 11.0. The lowest BCUT2D eigenvalue weighted by atomic mass is 10.4. The van der Waals surface area contributed by atoms with Crippen molar-refractivity contribution in [1.82, 2.24) is 15.1 Å². The number of carbonyl (C=O) groups is 1. The summed E-state index contributed by atoms with van der Waals surface area (Å²) in [5.74, 6) is 0.265. The van der Waals surface area contributed by atoms with Gasteiger partial charge in [0.25, 0.3) is 0 Å². The number of hydrogen-bond donors (Lipinski definition) is 1. The van der Waals surface area contributed by atoms with Crippen molar-refractivity contribution in [2.24, 2.45) is 0 Å². The van der Waals surface area contributed by atoms with Crippen molar-refractivity contribution < 1.29 is 4.79 Å². The molecule has 0 atom stereocenters. The summed E-state index contributed by atoms with van der Waals surface area (Å²) in [5, 5.41) is 3.25. The third-order valence-corrected chi connectivity index (χ3v) is 3.33. The monoisotopic (exact) mass is 241 g/mol. The quantitative estimate of drug-likeness (QED) is 0.642. The third kappa shape index (κ3) is 5.50. The second-order valence-electron chi connectivity index (χ2n) is 4.70. The topological polar surface area (TPSA) is 35.6 Å². The van der Waals surface area contributed by atoms with Gasteiger partial charge in [-0.3, -0.25) is 4.79 Å². The van der Waals surface area contributed by atoms with Crippen LogP contribution in [0.1, 0.15) is 33.1 Å². The standard InChI is InChI=1S/C13H27N3O/c1-3-8-15(4-2)11-7-14-12-13(17)16-9-5-6-10-16/h14H,3-12H2,1-2H3. The van der Waals surface area contributed by atoms with E-state index in [0.29, 0.717) is 6.54 Å². The first kappa shape index (κ1) is 14.5. The zero-order chi connectivity index (χ0) is 12.5.